The molecular formula is C18H28N2O. The zero-order valence-corrected chi connectivity index (χ0v) is 13.8. The van der Waals surface area contributed by atoms with E-state index >= 15 is 0 Å². The summed E-state index contributed by atoms with van der Waals surface area (Å²) in [6, 6.07) is 8.68. The Morgan fingerprint density at radius 1 is 1.10 bits per heavy atom. The van der Waals surface area contributed by atoms with Gasteiger partial charge in [-0.25, -0.2) is 0 Å². The Kier molecular flexibility index (Phi) is 4.92. The van der Waals surface area contributed by atoms with Crippen LogP contribution in [0.15, 0.2) is 24.3 Å². The average molecular weight is 288 g/mol. The number of carbonyl (C=O) groups excluding carboxylic acids is 1. The third kappa shape index (κ3) is 4.23. The Balaban J connectivity index is 1.99. The molecule has 1 aliphatic rings. The van der Waals surface area contributed by atoms with Gasteiger partial charge in [0.05, 0.1) is 6.04 Å². The van der Waals surface area contributed by atoms with Crippen LogP contribution in [0.4, 0.5) is 5.69 Å². The summed E-state index contributed by atoms with van der Waals surface area (Å²) in [5.41, 5.74) is 2.11. The van der Waals surface area contributed by atoms with Gasteiger partial charge in [0.1, 0.15) is 0 Å². The predicted octanol–water partition coefficient (Wildman–Crippen LogP) is 3.90. The number of nitrogens with zero attached hydrogens (tertiary/aromatic N) is 1. The number of piperidine rings is 1. The second-order valence-electron chi connectivity index (χ2n) is 7.08. The zero-order chi connectivity index (χ0) is 15.5. The first-order valence-electron chi connectivity index (χ1n) is 8.04. The van der Waals surface area contributed by atoms with Crippen molar-refractivity contribution in [1.82, 2.24) is 5.32 Å². The summed E-state index contributed by atoms with van der Waals surface area (Å²) in [6.07, 6.45) is 3.93. The van der Waals surface area contributed by atoms with Gasteiger partial charge in [-0.2, -0.15) is 0 Å². The number of anilines is 1. The lowest BCUT2D eigenvalue weighted by Gasteiger charge is -2.29. The van der Waals surface area contributed by atoms with Crippen molar-refractivity contribution in [2.45, 2.75) is 53.0 Å². The van der Waals surface area contributed by atoms with E-state index in [1.165, 1.54) is 24.9 Å². The van der Waals surface area contributed by atoms with Crippen LogP contribution in [0, 0.1) is 5.41 Å². The minimum Gasteiger partial charge on any atom is -0.372 e. The van der Waals surface area contributed by atoms with E-state index in [-0.39, 0.29) is 17.4 Å². The van der Waals surface area contributed by atoms with Crippen molar-refractivity contribution in [2.24, 2.45) is 5.41 Å². The molecular weight excluding hydrogens is 260 g/mol. The van der Waals surface area contributed by atoms with Gasteiger partial charge >= 0.3 is 0 Å². The first-order valence-corrected chi connectivity index (χ1v) is 8.04. The molecule has 21 heavy (non-hydrogen) atoms. The van der Waals surface area contributed by atoms with Crippen molar-refractivity contribution in [3.63, 3.8) is 0 Å². The smallest absolute Gasteiger partial charge is 0.225 e. The van der Waals surface area contributed by atoms with Crippen molar-refractivity contribution >= 4 is 11.6 Å². The number of hydrogen-bond donors (Lipinski definition) is 1. The van der Waals surface area contributed by atoms with Gasteiger partial charge in [-0.3, -0.25) is 4.79 Å². The highest BCUT2D eigenvalue weighted by molar-refractivity contribution is 5.81. The van der Waals surface area contributed by atoms with Crippen molar-refractivity contribution in [3.8, 4) is 0 Å². The van der Waals surface area contributed by atoms with Crippen LogP contribution in [0.25, 0.3) is 0 Å². The first-order chi connectivity index (χ1) is 9.88. The van der Waals surface area contributed by atoms with Crippen LogP contribution in [-0.2, 0) is 4.79 Å². The second-order valence-corrected chi connectivity index (χ2v) is 7.08. The molecule has 0 bridgehead atoms. The van der Waals surface area contributed by atoms with Gasteiger partial charge in [-0.05, 0) is 43.9 Å². The Labute approximate surface area is 128 Å². The minimum absolute atomic E-state index is 0.0483. The maximum Gasteiger partial charge on any atom is 0.225 e. The third-order valence-electron chi connectivity index (χ3n) is 4.14. The molecule has 1 aromatic carbocycles. The van der Waals surface area contributed by atoms with E-state index in [1.807, 2.05) is 27.7 Å². The van der Waals surface area contributed by atoms with Crippen LogP contribution >= 0.6 is 0 Å². The van der Waals surface area contributed by atoms with E-state index in [4.69, 9.17) is 0 Å². The van der Waals surface area contributed by atoms with E-state index in [9.17, 15) is 4.79 Å². The van der Waals surface area contributed by atoms with Gasteiger partial charge in [0, 0.05) is 24.2 Å². The summed E-state index contributed by atoms with van der Waals surface area (Å²) >= 11 is 0. The van der Waals surface area contributed by atoms with Gasteiger partial charge < -0.3 is 10.2 Å². The highest BCUT2D eigenvalue weighted by atomic mass is 16.2. The summed E-state index contributed by atoms with van der Waals surface area (Å²) in [6.45, 7) is 10.2. The molecule has 1 aromatic rings. The van der Waals surface area contributed by atoms with E-state index in [0.717, 1.165) is 18.7 Å². The maximum absolute atomic E-state index is 12.0. The second kappa shape index (κ2) is 6.50. The van der Waals surface area contributed by atoms with Crippen molar-refractivity contribution < 1.29 is 4.79 Å². The summed E-state index contributed by atoms with van der Waals surface area (Å²) < 4.78 is 0. The van der Waals surface area contributed by atoms with Gasteiger partial charge in [0.25, 0.3) is 0 Å². The highest BCUT2D eigenvalue weighted by Crippen LogP contribution is 2.23. The van der Waals surface area contributed by atoms with Crippen LogP contribution in [0.2, 0.25) is 0 Å². The summed E-state index contributed by atoms with van der Waals surface area (Å²) in [4.78, 5) is 14.5. The van der Waals surface area contributed by atoms with Crippen LogP contribution < -0.4 is 10.2 Å². The lowest BCUT2D eigenvalue weighted by Crippen LogP contribution is -2.36. The number of amides is 1. The van der Waals surface area contributed by atoms with Crippen molar-refractivity contribution in [3.05, 3.63) is 29.8 Å². The summed E-state index contributed by atoms with van der Waals surface area (Å²) in [5, 5.41) is 3.08. The Morgan fingerprint density at radius 2 is 1.67 bits per heavy atom. The van der Waals surface area contributed by atoms with Gasteiger partial charge in [0.2, 0.25) is 5.91 Å². The Bertz CT molecular complexity index is 467. The molecule has 1 saturated heterocycles. The van der Waals surface area contributed by atoms with Crippen molar-refractivity contribution in [1.29, 1.82) is 0 Å². The molecule has 0 aliphatic carbocycles. The van der Waals surface area contributed by atoms with Crippen LogP contribution in [0.3, 0.4) is 0 Å². The Morgan fingerprint density at radius 3 is 2.19 bits per heavy atom. The van der Waals surface area contributed by atoms with Gasteiger partial charge in [-0.1, -0.05) is 32.9 Å². The Hall–Kier alpha value is -1.51. The average Bonchev–Trinajstić information content (AvgIpc) is 2.47. The molecule has 1 fully saturated rings. The van der Waals surface area contributed by atoms with Crippen LogP contribution in [0.5, 0.6) is 0 Å². The zero-order valence-electron chi connectivity index (χ0n) is 13.8. The van der Waals surface area contributed by atoms with Gasteiger partial charge in [0.15, 0.2) is 0 Å². The molecule has 0 aromatic heterocycles. The quantitative estimate of drug-likeness (QED) is 0.915. The number of carbonyl (C=O) groups is 1. The minimum atomic E-state index is -0.345. The molecule has 1 N–H and O–H groups in total. The fraction of sp³-hybridized carbons (Fsp3) is 0.611. The van der Waals surface area contributed by atoms with Crippen molar-refractivity contribution in [2.75, 3.05) is 18.0 Å². The lowest BCUT2D eigenvalue weighted by atomic mass is 9.94. The van der Waals surface area contributed by atoms with Crippen LogP contribution in [-0.4, -0.2) is 19.0 Å². The van der Waals surface area contributed by atoms with Crippen LogP contribution in [0.1, 0.15) is 58.6 Å². The normalized spacial score (nSPS) is 17.4. The molecule has 0 spiro atoms. The number of benzene rings is 1. The molecule has 3 heteroatoms. The molecule has 0 radical (unpaired) electrons. The fourth-order valence-electron chi connectivity index (χ4n) is 2.62. The highest BCUT2D eigenvalue weighted by Gasteiger charge is 2.23. The van der Waals surface area contributed by atoms with E-state index in [2.05, 4.69) is 34.5 Å². The topological polar surface area (TPSA) is 32.3 Å². The SMILES string of the molecule is C[C@H](NC(=O)C(C)(C)C)c1ccc(N2CCCCC2)cc1. The first kappa shape index (κ1) is 15.9. The lowest BCUT2D eigenvalue weighted by molar-refractivity contribution is -0.129. The molecule has 3 nitrogen and oxygen atoms in total. The monoisotopic (exact) mass is 288 g/mol. The molecule has 1 aliphatic heterocycles. The van der Waals surface area contributed by atoms with E-state index < -0.39 is 0 Å². The molecule has 2 rings (SSSR count). The maximum atomic E-state index is 12.0. The third-order valence-corrected chi connectivity index (χ3v) is 4.14. The standard InChI is InChI=1S/C18H28N2O/c1-14(19-17(21)18(2,3)4)15-8-10-16(11-9-15)20-12-6-5-7-13-20/h8-11,14H,5-7,12-13H2,1-4H3,(H,19,21)/t14-/m0/s1. The molecule has 116 valence electrons. The molecule has 0 saturated carbocycles. The largest absolute Gasteiger partial charge is 0.372 e. The van der Waals surface area contributed by atoms with E-state index in [0.29, 0.717) is 0 Å². The molecule has 1 atom stereocenters. The number of hydrogen-bond acceptors (Lipinski definition) is 2. The number of rotatable bonds is 3. The van der Waals surface area contributed by atoms with Gasteiger partial charge in [-0.15, -0.1) is 0 Å². The van der Waals surface area contributed by atoms with E-state index in [1.54, 1.807) is 0 Å². The fourth-order valence-corrected chi connectivity index (χ4v) is 2.62. The molecule has 0 unspecified atom stereocenters. The summed E-state index contributed by atoms with van der Waals surface area (Å²) in [5.74, 6) is 0.0927. The predicted molar refractivity (Wildman–Crippen MR) is 88.5 cm³/mol. The summed E-state index contributed by atoms with van der Waals surface area (Å²) in [7, 11) is 0. The molecule has 1 amide bonds. The number of nitrogens with one attached hydrogen (secondary N) is 1. The molecule has 1 heterocycles.